The van der Waals surface area contributed by atoms with Crippen LogP contribution >= 0.6 is 11.3 Å². The summed E-state index contributed by atoms with van der Waals surface area (Å²) >= 11 is 1.10. The van der Waals surface area contributed by atoms with E-state index in [1.807, 2.05) is 26.0 Å². The molecule has 0 saturated heterocycles. The maximum atomic E-state index is 12.7. The number of nitrogens with one attached hydrogen (secondary N) is 1. The highest BCUT2D eigenvalue weighted by atomic mass is 32.2. The van der Waals surface area contributed by atoms with Gasteiger partial charge < -0.3 is 5.32 Å². The minimum atomic E-state index is -3.81. The summed E-state index contributed by atoms with van der Waals surface area (Å²) in [5.74, 6) is -0.489. The van der Waals surface area contributed by atoms with E-state index in [9.17, 15) is 18.0 Å². The number of carbonyl (C=O) groups is 1. The molecule has 2 heterocycles. The number of carbonyl (C=O) groups excluding carboxylic acids is 1. The van der Waals surface area contributed by atoms with Crippen molar-refractivity contribution in [1.29, 1.82) is 0 Å². The first-order valence-electron chi connectivity index (χ1n) is 8.51. The van der Waals surface area contributed by atoms with Gasteiger partial charge in [-0.15, -0.1) is 0 Å². The Morgan fingerprint density at radius 2 is 1.76 bits per heavy atom. The number of aryl methyl sites for hydroxylation is 2. The minimum absolute atomic E-state index is 0.0590. The molecule has 2 aromatic heterocycles. The normalized spacial score (nSPS) is 11.8. The smallest absolute Gasteiger partial charge is 0.266 e. The minimum Gasteiger partial charge on any atom is -0.321 e. The van der Waals surface area contributed by atoms with Gasteiger partial charge in [-0.1, -0.05) is 11.3 Å². The van der Waals surface area contributed by atoms with Gasteiger partial charge >= 0.3 is 0 Å². The average molecular weight is 428 g/mol. The van der Waals surface area contributed by atoms with Gasteiger partial charge in [0.2, 0.25) is 10.0 Å². The van der Waals surface area contributed by atoms with E-state index >= 15 is 0 Å². The highest BCUT2D eigenvalue weighted by Gasteiger charge is 2.15. The SMILES string of the molecule is Cc1cc2nc3sc(C(=O)Nc4ccc(S(N)(=O)=O)cc4)cc(=O)n3c2cc1C. The van der Waals surface area contributed by atoms with Crippen molar-refractivity contribution in [1.82, 2.24) is 9.38 Å². The molecule has 0 spiro atoms. The van der Waals surface area contributed by atoms with E-state index in [-0.39, 0.29) is 15.3 Å². The predicted molar refractivity (Wildman–Crippen MR) is 112 cm³/mol. The van der Waals surface area contributed by atoms with Crippen LogP contribution in [0.15, 0.2) is 52.2 Å². The molecule has 29 heavy (non-hydrogen) atoms. The fraction of sp³-hybridized carbons (Fsp3) is 0.105. The molecule has 148 valence electrons. The third kappa shape index (κ3) is 3.53. The third-order valence-electron chi connectivity index (χ3n) is 4.58. The van der Waals surface area contributed by atoms with E-state index in [4.69, 9.17) is 5.14 Å². The van der Waals surface area contributed by atoms with Crippen LogP contribution in [0.5, 0.6) is 0 Å². The summed E-state index contributed by atoms with van der Waals surface area (Å²) in [4.78, 5) is 30.3. The number of nitrogens with two attached hydrogens (primary N) is 1. The number of sulfonamides is 1. The molecule has 0 atom stereocenters. The van der Waals surface area contributed by atoms with Crippen molar-refractivity contribution in [3.63, 3.8) is 0 Å². The summed E-state index contributed by atoms with van der Waals surface area (Å²) in [6.07, 6.45) is 0. The first kappa shape index (κ1) is 19.2. The van der Waals surface area contributed by atoms with Crippen molar-refractivity contribution in [3.8, 4) is 0 Å². The summed E-state index contributed by atoms with van der Waals surface area (Å²) in [5, 5.41) is 7.70. The van der Waals surface area contributed by atoms with Gasteiger partial charge in [-0.05, 0) is 61.4 Å². The molecule has 3 N–H and O–H groups in total. The quantitative estimate of drug-likeness (QED) is 0.519. The number of benzene rings is 2. The molecule has 4 rings (SSSR count). The lowest BCUT2D eigenvalue weighted by Gasteiger charge is -2.06. The number of hydrogen-bond donors (Lipinski definition) is 2. The molecule has 4 aromatic rings. The van der Waals surface area contributed by atoms with Crippen LogP contribution in [0.4, 0.5) is 5.69 Å². The summed E-state index contributed by atoms with van der Waals surface area (Å²) in [6, 6.07) is 10.5. The lowest BCUT2D eigenvalue weighted by atomic mass is 10.1. The Morgan fingerprint density at radius 1 is 1.10 bits per heavy atom. The second kappa shape index (κ2) is 6.76. The van der Waals surface area contributed by atoms with E-state index < -0.39 is 15.9 Å². The lowest BCUT2D eigenvalue weighted by Crippen LogP contribution is -2.17. The Hall–Kier alpha value is -3.08. The van der Waals surface area contributed by atoms with Crippen molar-refractivity contribution in [2.24, 2.45) is 5.14 Å². The lowest BCUT2D eigenvalue weighted by molar-refractivity contribution is 0.103. The molecule has 0 saturated carbocycles. The highest BCUT2D eigenvalue weighted by molar-refractivity contribution is 7.89. The summed E-state index contributed by atoms with van der Waals surface area (Å²) < 4.78 is 24.1. The van der Waals surface area contributed by atoms with Crippen LogP contribution in [0.25, 0.3) is 16.0 Å². The number of primary sulfonamides is 1. The van der Waals surface area contributed by atoms with Crippen LogP contribution < -0.4 is 16.0 Å². The van der Waals surface area contributed by atoms with Crippen LogP contribution in [0.3, 0.4) is 0 Å². The summed E-state index contributed by atoms with van der Waals surface area (Å²) in [6.45, 7) is 3.94. The van der Waals surface area contributed by atoms with E-state index in [0.717, 1.165) is 22.5 Å². The van der Waals surface area contributed by atoms with Gasteiger partial charge in [0.1, 0.15) is 4.88 Å². The molecule has 2 aromatic carbocycles. The first-order valence-corrected chi connectivity index (χ1v) is 10.9. The van der Waals surface area contributed by atoms with Gasteiger partial charge in [0.15, 0.2) is 4.96 Å². The van der Waals surface area contributed by atoms with Crippen LogP contribution in [0, 0.1) is 13.8 Å². The van der Waals surface area contributed by atoms with Gasteiger partial charge in [-0.2, -0.15) is 0 Å². The standard InChI is InChI=1S/C19H16N4O4S2/c1-10-7-14-15(8-11(10)2)23-17(24)9-16(28-19(23)22-14)18(25)21-12-3-5-13(6-4-12)29(20,26)27/h3-9H,1-2H3,(H,21,25)(H2,20,26,27). The number of anilines is 1. The Bertz CT molecular complexity index is 1450. The van der Waals surface area contributed by atoms with E-state index in [0.29, 0.717) is 21.7 Å². The summed E-state index contributed by atoms with van der Waals surface area (Å²) in [7, 11) is -3.81. The molecular formula is C19H16N4O4S2. The van der Waals surface area contributed by atoms with E-state index in [1.165, 1.54) is 34.7 Å². The van der Waals surface area contributed by atoms with Crippen molar-refractivity contribution >= 4 is 48.9 Å². The molecule has 10 heteroatoms. The molecule has 0 aliphatic rings. The molecular weight excluding hydrogens is 412 g/mol. The van der Waals surface area contributed by atoms with Crippen molar-refractivity contribution in [2.75, 3.05) is 5.32 Å². The Kier molecular flexibility index (Phi) is 4.49. The Morgan fingerprint density at radius 3 is 2.41 bits per heavy atom. The molecule has 0 radical (unpaired) electrons. The monoisotopic (exact) mass is 428 g/mol. The van der Waals surface area contributed by atoms with E-state index in [2.05, 4.69) is 10.3 Å². The van der Waals surface area contributed by atoms with Gasteiger partial charge in [-0.3, -0.25) is 14.0 Å². The zero-order chi connectivity index (χ0) is 20.9. The van der Waals surface area contributed by atoms with Gasteiger partial charge in [-0.25, -0.2) is 18.5 Å². The molecule has 0 aliphatic carbocycles. The topological polar surface area (TPSA) is 124 Å². The van der Waals surface area contributed by atoms with Gasteiger partial charge in [0.25, 0.3) is 11.5 Å². The maximum Gasteiger partial charge on any atom is 0.266 e. The molecule has 1 amide bonds. The first-order chi connectivity index (χ1) is 13.6. The fourth-order valence-electron chi connectivity index (χ4n) is 2.93. The Balaban J connectivity index is 1.71. The summed E-state index contributed by atoms with van der Waals surface area (Å²) in [5.41, 5.74) is 3.54. The van der Waals surface area contributed by atoms with E-state index in [1.54, 1.807) is 0 Å². The van der Waals surface area contributed by atoms with Crippen molar-refractivity contribution < 1.29 is 13.2 Å². The molecule has 0 fully saturated rings. The number of rotatable bonds is 3. The fourth-order valence-corrected chi connectivity index (χ4v) is 4.37. The molecule has 0 unspecified atom stereocenters. The number of imidazole rings is 1. The molecule has 0 aliphatic heterocycles. The second-order valence-electron chi connectivity index (χ2n) is 6.63. The maximum absolute atomic E-state index is 12.7. The van der Waals surface area contributed by atoms with Crippen LogP contribution in [0.2, 0.25) is 0 Å². The van der Waals surface area contributed by atoms with Crippen LogP contribution in [0.1, 0.15) is 20.8 Å². The molecule has 0 bridgehead atoms. The number of amides is 1. The predicted octanol–water partition coefficient (Wildman–Crippen LogP) is 2.43. The second-order valence-corrected chi connectivity index (χ2v) is 9.20. The number of hydrogen-bond acceptors (Lipinski definition) is 6. The number of nitrogens with zero attached hydrogens (tertiary/aromatic N) is 2. The van der Waals surface area contributed by atoms with Crippen molar-refractivity contribution in [3.05, 3.63) is 68.8 Å². The van der Waals surface area contributed by atoms with Crippen LogP contribution in [-0.2, 0) is 10.0 Å². The Labute approximate surface area is 169 Å². The van der Waals surface area contributed by atoms with Gasteiger partial charge in [0, 0.05) is 11.8 Å². The van der Waals surface area contributed by atoms with Gasteiger partial charge in [0.05, 0.1) is 15.9 Å². The highest BCUT2D eigenvalue weighted by Crippen LogP contribution is 2.23. The number of fused-ring (bicyclic) bond motifs is 3. The molecule has 8 nitrogen and oxygen atoms in total. The largest absolute Gasteiger partial charge is 0.321 e. The van der Waals surface area contributed by atoms with Crippen molar-refractivity contribution in [2.45, 2.75) is 18.7 Å². The average Bonchev–Trinajstić information content (AvgIpc) is 2.99. The number of aromatic nitrogens is 2. The zero-order valence-corrected chi connectivity index (χ0v) is 17.1. The zero-order valence-electron chi connectivity index (χ0n) is 15.5. The van der Waals surface area contributed by atoms with Crippen LogP contribution in [-0.4, -0.2) is 23.7 Å². The third-order valence-corrected chi connectivity index (χ3v) is 6.49.